The van der Waals surface area contributed by atoms with Gasteiger partial charge in [-0.1, -0.05) is 12.1 Å². The molecule has 84 valence electrons. The molecule has 0 spiro atoms. The quantitative estimate of drug-likeness (QED) is 0.752. The molecule has 0 N–H and O–H groups in total. The number of aromatic nitrogens is 2. The minimum atomic E-state index is -4.68. The molecule has 0 aliphatic carbocycles. The maximum absolute atomic E-state index is 12.6. The number of rotatable bonds is 2. The lowest BCUT2D eigenvalue weighted by Gasteiger charge is -2.01. The van der Waals surface area contributed by atoms with Crippen LogP contribution in [0.2, 0.25) is 0 Å². The van der Waals surface area contributed by atoms with Crippen LogP contribution in [0.3, 0.4) is 0 Å². The largest absolute Gasteiger partial charge is 0.335 e. The third-order valence-corrected chi connectivity index (χ3v) is 2.88. The summed E-state index contributed by atoms with van der Waals surface area (Å²) in [7, 11) is -4.68. The maximum Gasteiger partial charge on any atom is 0.335 e. The highest BCUT2D eigenvalue weighted by molar-refractivity contribution is 7.86. The van der Waals surface area contributed by atoms with E-state index in [0.29, 0.717) is 5.69 Å². The number of benzene rings is 1. The van der Waals surface area contributed by atoms with Gasteiger partial charge in [0.1, 0.15) is 4.90 Å². The number of aryl methyl sites for hydroxylation is 1. The van der Waals surface area contributed by atoms with E-state index in [1.54, 1.807) is 6.07 Å². The third kappa shape index (κ3) is 2.11. The molecule has 6 heteroatoms. The predicted octanol–water partition coefficient (Wildman–Crippen LogP) is 1.84. The molecule has 0 saturated carbocycles. The molecule has 2 aromatic rings. The second-order valence-corrected chi connectivity index (χ2v) is 4.74. The van der Waals surface area contributed by atoms with Crippen LogP contribution in [0.25, 0.3) is 5.69 Å². The fourth-order valence-corrected chi connectivity index (χ4v) is 1.74. The summed E-state index contributed by atoms with van der Waals surface area (Å²) in [5.74, 6) is 0. The standard InChI is InChI=1S/C10H9FN2O2S/c1-8-3-2-4-9(5-8)13-7-10(6-12-13)16(11,14)15/h2-7H,1H3. The Hall–Kier alpha value is -1.69. The van der Waals surface area contributed by atoms with Gasteiger partial charge in [0, 0.05) is 0 Å². The summed E-state index contributed by atoms with van der Waals surface area (Å²) in [5, 5.41) is 3.79. The van der Waals surface area contributed by atoms with E-state index < -0.39 is 15.1 Å². The van der Waals surface area contributed by atoms with Crippen LogP contribution in [-0.2, 0) is 10.2 Å². The van der Waals surface area contributed by atoms with E-state index in [0.717, 1.165) is 18.0 Å². The molecule has 0 amide bonds. The summed E-state index contributed by atoms with van der Waals surface area (Å²) in [5.41, 5.74) is 1.70. The van der Waals surface area contributed by atoms with Crippen molar-refractivity contribution >= 4 is 10.2 Å². The van der Waals surface area contributed by atoms with Crippen molar-refractivity contribution in [2.24, 2.45) is 0 Å². The van der Waals surface area contributed by atoms with Gasteiger partial charge in [0.15, 0.2) is 0 Å². The van der Waals surface area contributed by atoms with Crippen LogP contribution < -0.4 is 0 Å². The monoisotopic (exact) mass is 240 g/mol. The van der Waals surface area contributed by atoms with Crippen molar-refractivity contribution in [1.82, 2.24) is 9.78 Å². The van der Waals surface area contributed by atoms with Gasteiger partial charge in [-0.25, -0.2) is 4.68 Å². The van der Waals surface area contributed by atoms with Crippen molar-refractivity contribution in [2.75, 3.05) is 0 Å². The Morgan fingerprint density at radius 3 is 2.69 bits per heavy atom. The predicted molar refractivity (Wildman–Crippen MR) is 56.6 cm³/mol. The fourth-order valence-electron chi connectivity index (χ4n) is 1.34. The molecule has 0 saturated heterocycles. The van der Waals surface area contributed by atoms with Crippen LogP contribution in [0.4, 0.5) is 3.89 Å². The Bertz CT molecular complexity index is 619. The van der Waals surface area contributed by atoms with Gasteiger partial charge in [-0.2, -0.15) is 13.5 Å². The summed E-state index contributed by atoms with van der Waals surface area (Å²) in [6.07, 6.45) is 2.13. The van der Waals surface area contributed by atoms with Gasteiger partial charge in [0.2, 0.25) is 0 Å². The van der Waals surface area contributed by atoms with Crippen LogP contribution >= 0.6 is 0 Å². The van der Waals surface area contributed by atoms with Gasteiger partial charge in [-0.15, -0.1) is 3.89 Å². The first kappa shape index (κ1) is 10.8. The Morgan fingerprint density at radius 2 is 2.12 bits per heavy atom. The van der Waals surface area contributed by atoms with Crippen molar-refractivity contribution in [1.29, 1.82) is 0 Å². The van der Waals surface area contributed by atoms with Gasteiger partial charge in [-0.05, 0) is 24.6 Å². The van der Waals surface area contributed by atoms with Crippen LogP contribution in [0, 0.1) is 6.92 Å². The lowest BCUT2D eigenvalue weighted by atomic mass is 10.2. The molecule has 16 heavy (non-hydrogen) atoms. The van der Waals surface area contributed by atoms with Crippen LogP contribution in [-0.4, -0.2) is 18.2 Å². The van der Waals surface area contributed by atoms with Gasteiger partial charge in [0.05, 0.1) is 18.1 Å². The number of halogens is 1. The van der Waals surface area contributed by atoms with E-state index in [1.165, 1.54) is 4.68 Å². The van der Waals surface area contributed by atoms with Crippen molar-refractivity contribution in [3.63, 3.8) is 0 Å². The Morgan fingerprint density at radius 1 is 1.38 bits per heavy atom. The van der Waals surface area contributed by atoms with Crippen molar-refractivity contribution in [3.8, 4) is 5.69 Å². The number of hydrogen-bond donors (Lipinski definition) is 0. The topological polar surface area (TPSA) is 52.0 Å². The van der Waals surface area contributed by atoms with E-state index >= 15 is 0 Å². The molecular weight excluding hydrogens is 231 g/mol. The third-order valence-electron chi connectivity index (χ3n) is 2.11. The van der Waals surface area contributed by atoms with Crippen LogP contribution in [0.5, 0.6) is 0 Å². The zero-order chi connectivity index (χ0) is 11.8. The number of nitrogens with zero attached hydrogens (tertiary/aromatic N) is 2. The minimum Gasteiger partial charge on any atom is -0.240 e. The molecular formula is C10H9FN2O2S. The fraction of sp³-hybridized carbons (Fsp3) is 0.100. The highest BCUT2D eigenvalue weighted by Crippen LogP contribution is 2.14. The second kappa shape index (κ2) is 3.71. The second-order valence-electron chi connectivity index (χ2n) is 3.40. The summed E-state index contributed by atoms with van der Waals surface area (Å²) in [4.78, 5) is -0.436. The summed E-state index contributed by atoms with van der Waals surface area (Å²) in [6.45, 7) is 1.90. The molecule has 0 radical (unpaired) electrons. The zero-order valence-electron chi connectivity index (χ0n) is 8.46. The van der Waals surface area contributed by atoms with E-state index in [-0.39, 0.29) is 0 Å². The van der Waals surface area contributed by atoms with E-state index in [2.05, 4.69) is 5.10 Å². The normalized spacial score (nSPS) is 11.6. The molecule has 0 bridgehead atoms. The first-order chi connectivity index (χ1) is 7.47. The maximum atomic E-state index is 12.6. The van der Waals surface area contributed by atoms with Gasteiger partial charge < -0.3 is 0 Å². The van der Waals surface area contributed by atoms with E-state index in [9.17, 15) is 12.3 Å². The highest BCUT2D eigenvalue weighted by atomic mass is 32.3. The Labute approximate surface area is 92.5 Å². The summed E-state index contributed by atoms with van der Waals surface area (Å²) in [6, 6.07) is 7.30. The molecule has 1 aromatic heterocycles. The summed E-state index contributed by atoms with van der Waals surface area (Å²) >= 11 is 0. The number of hydrogen-bond acceptors (Lipinski definition) is 3. The van der Waals surface area contributed by atoms with E-state index in [4.69, 9.17) is 0 Å². The lowest BCUT2D eigenvalue weighted by molar-refractivity contribution is 0.552. The average molecular weight is 240 g/mol. The van der Waals surface area contributed by atoms with Crippen LogP contribution in [0.15, 0.2) is 41.6 Å². The van der Waals surface area contributed by atoms with Crippen molar-refractivity contribution in [2.45, 2.75) is 11.8 Å². The molecule has 2 rings (SSSR count). The molecule has 0 aliphatic rings. The first-order valence-electron chi connectivity index (χ1n) is 4.53. The highest BCUT2D eigenvalue weighted by Gasteiger charge is 2.14. The average Bonchev–Trinajstić information content (AvgIpc) is 2.65. The SMILES string of the molecule is Cc1cccc(-n2cc(S(=O)(=O)F)cn2)c1. The van der Waals surface area contributed by atoms with Gasteiger partial charge in [-0.3, -0.25) is 0 Å². The molecule has 4 nitrogen and oxygen atoms in total. The smallest absolute Gasteiger partial charge is 0.240 e. The molecule has 1 aromatic carbocycles. The van der Waals surface area contributed by atoms with Crippen molar-refractivity contribution < 1.29 is 12.3 Å². The molecule has 0 fully saturated rings. The van der Waals surface area contributed by atoms with Crippen molar-refractivity contribution in [3.05, 3.63) is 42.2 Å². The Kier molecular flexibility index (Phi) is 2.51. The minimum absolute atomic E-state index is 0.436. The molecule has 0 atom stereocenters. The van der Waals surface area contributed by atoms with Gasteiger partial charge >= 0.3 is 10.2 Å². The zero-order valence-corrected chi connectivity index (χ0v) is 9.28. The summed E-state index contributed by atoms with van der Waals surface area (Å²) < 4.78 is 35.2. The van der Waals surface area contributed by atoms with Crippen LogP contribution in [0.1, 0.15) is 5.56 Å². The first-order valence-corrected chi connectivity index (χ1v) is 5.91. The van der Waals surface area contributed by atoms with E-state index in [1.807, 2.05) is 25.1 Å². The Balaban J connectivity index is 2.47. The van der Waals surface area contributed by atoms with Gasteiger partial charge in [0.25, 0.3) is 0 Å². The molecule has 1 heterocycles. The molecule has 0 unspecified atom stereocenters. The molecule has 0 aliphatic heterocycles. The lowest BCUT2D eigenvalue weighted by Crippen LogP contribution is -1.94.